The summed E-state index contributed by atoms with van der Waals surface area (Å²) in [5.74, 6) is 0.595. The fourth-order valence-electron chi connectivity index (χ4n) is 1.13. The van der Waals surface area contributed by atoms with E-state index in [1.165, 1.54) is 6.92 Å². The van der Waals surface area contributed by atoms with Gasteiger partial charge >= 0.3 is 0 Å². The molecule has 0 saturated carbocycles. The molecular formula is C9H18O3S. The molecule has 0 saturated heterocycles. The molecule has 0 rings (SSSR count). The summed E-state index contributed by atoms with van der Waals surface area (Å²) in [4.78, 5) is 10.6. The molecule has 0 N–H and O–H groups in total. The lowest BCUT2D eigenvalue weighted by molar-refractivity contribution is -0.117. The van der Waals surface area contributed by atoms with Gasteiger partial charge in [-0.1, -0.05) is 13.8 Å². The molecule has 0 radical (unpaired) electrons. The maximum Gasteiger partial charge on any atom is 0.150 e. The van der Waals surface area contributed by atoms with Crippen LogP contribution in [0.4, 0.5) is 0 Å². The highest BCUT2D eigenvalue weighted by Gasteiger charge is 2.12. The molecule has 0 unspecified atom stereocenters. The average Bonchev–Trinajstić information content (AvgIpc) is 1.81. The second-order valence-electron chi connectivity index (χ2n) is 3.81. The number of rotatable bonds is 6. The first-order valence-corrected chi connectivity index (χ1v) is 6.35. The monoisotopic (exact) mass is 206 g/mol. The largest absolute Gasteiger partial charge is 0.300 e. The van der Waals surface area contributed by atoms with Crippen LogP contribution in [-0.2, 0) is 14.6 Å². The van der Waals surface area contributed by atoms with Gasteiger partial charge in [-0.25, -0.2) is 8.42 Å². The van der Waals surface area contributed by atoms with E-state index in [-0.39, 0.29) is 23.2 Å². The number of sulfone groups is 1. The predicted molar refractivity (Wildman–Crippen MR) is 53.4 cm³/mol. The van der Waals surface area contributed by atoms with Gasteiger partial charge in [0.2, 0.25) is 0 Å². The van der Waals surface area contributed by atoms with E-state index in [1.54, 1.807) is 0 Å². The van der Waals surface area contributed by atoms with E-state index in [2.05, 4.69) is 0 Å². The number of hydrogen-bond donors (Lipinski definition) is 0. The van der Waals surface area contributed by atoms with Gasteiger partial charge in [0, 0.05) is 6.42 Å². The molecule has 0 spiro atoms. The lowest BCUT2D eigenvalue weighted by Crippen LogP contribution is -2.15. The van der Waals surface area contributed by atoms with E-state index in [0.717, 1.165) is 0 Å². The Kier molecular flexibility index (Phi) is 5.21. The molecule has 0 amide bonds. The van der Waals surface area contributed by atoms with E-state index in [4.69, 9.17) is 0 Å². The van der Waals surface area contributed by atoms with Crippen molar-refractivity contribution in [2.75, 3.05) is 11.5 Å². The van der Waals surface area contributed by atoms with Gasteiger partial charge in [-0.3, -0.25) is 0 Å². The molecule has 4 heteroatoms. The molecule has 13 heavy (non-hydrogen) atoms. The molecule has 0 fully saturated rings. The molecule has 78 valence electrons. The van der Waals surface area contributed by atoms with Gasteiger partial charge in [-0.2, -0.15) is 0 Å². The van der Waals surface area contributed by atoms with Crippen molar-refractivity contribution in [3.63, 3.8) is 0 Å². The Labute approximate surface area is 80.4 Å². The number of hydrogen-bond acceptors (Lipinski definition) is 3. The van der Waals surface area contributed by atoms with Crippen LogP contribution in [0, 0.1) is 5.92 Å². The third-order valence-electron chi connectivity index (χ3n) is 1.57. The van der Waals surface area contributed by atoms with Gasteiger partial charge in [0.05, 0.1) is 11.5 Å². The Morgan fingerprint density at radius 3 is 2.23 bits per heavy atom. The van der Waals surface area contributed by atoms with Gasteiger partial charge in [-0.05, 0) is 19.3 Å². The summed E-state index contributed by atoms with van der Waals surface area (Å²) < 4.78 is 22.6. The molecule has 3 nitrogen and oxygen atoms in total. The van der Waals surface area contributed by atoms with Crippen molar-refractivity contribution in [2.24, 2.45) is 5.92 Å². The summed E-state index contributed by atoms with van der Waals surface area (Å²) in [7, 11) is -2.93. The highest BCUT2D eigenvalue weighted by atomic mass is 32.2. The van der Waals surface area contributed by atoms with E-state index in [1.807, 2.05) is 13.8 Å². The van der Waals surface area contributed by atoms with E-state index in [0.29, 0.717) is 12.8 Å². The third-order valence-corrected chi connectivity index (χ3v) is 3.66. The van der Waals surface area contributed by atoms with Crippen LogP contribution in [0.5, 0.6) is 0 Å². The van der Waals surface area contributed by atoms with Crippen molar-refractivity contribution in [3.8, 4) is 0 Å². The van der Waals surface area contributed by atoms with Crippen molar-refractivity contribution >= 4 is 15.6 Å². The molecule has 0 heterocycles. The standard InChI is InChI=1S/C9H18O3S/c1-8(2)7-13(11,12)6-4-5-9(3)10/h8H,4-7H2,1-3H3. The molecule has 0 aromatic carbocycles. The van der Waals surface area contributed by atoms with Gasteiger partial charge in [0.1, 0.15) is 5.78 Å². The highest BCUT2D eigenvalue weighted by molar-refractivity contribution is 7.91. The SMILES string of the molecule is CC(=O)CCCS(=O)(=O)CC(C)C. The normalized spacial score (nSPS) is 12.0. The summed E-state index contributed by atoms with van der Waals surface area (Å²) in [6.45, 7) is 5.24. The predicted octanol–water partition coefficient (Wildman–Crippen LogP) is 1.43. The van der Waals surface area contributed by atoms with Crippen LogP contribution in [0.2, 0.25) is 0 Å². The Balaban J connectivity index is 3.84. The van der Waals surface area contributed by atoms with Crippen molar-refractivity contribution in [3.05, 3.63) is 0 Å². The van der Waals surface area contributed by atoms with Crippen molar-refractivity contribution in [1.82, 2.24) is 0 Å². The number of Topliss-reactive ketones (excluding diaryl/α,β-unsaturated/α-hetero) is 1. The molecule has 0 aromatic heterocycles. The molecule has 0 aliphatic rings. The fourth-order valence-corrected chi connectivity index (χ4v) is 2.90. The third kappa shape index (κ3) is 7.96. The topological polar surface area (TPSA) is 51.2 Å². The summed E-state index contributed by atoms with van der Waals surface area (Å²) >= 11 is 0. The lowest BCUT2D eigenvalue weighted by atomic mass is 10.3. The summed E-state index contributed by atoms with van der Waals surface area (Å²) in [5, 5.41) is 0. The number of carbonyl (C=O) groups excluding carboxylic acids is 1. The van der Waals surface area contributed by atoms with Gasteiger partial charge in [0.15, 0.2) is 9.84 Å². The Morgan fingerprint density at radius 2 is 1.85 bits per heavy atom. The van der Waals surface area contributed by atoms with Crippen LogP contribution in [0.15, 0.2) is 0 Å². The van der Waals surface area contributed by atoms with Crippen LogP contribution in [0.25, 0.3) is 0 Å². The van der Waals surface area contributed by atoms with Gasteiger partial charge in [-0.15, -0.1) is 0 Å². The molecule has 0 aliphatic carbocycles. The Hall–Kier alpha value is -0.380. The molecule has 0 aromatic rings. The molecule has 0 aliphatic heterocycles. The van der Waals surface area contributed by atoms with E-state index < -0.39 is 9.84 Å². The molecule has 0 bridgehead atoms. The lowest BCUT2D eigenvalue weighted by Gasteiger charge is -2.05. The van der Waals surface area contributed by atoms with Crippen LogP contribution in [-0.4, -0.2) is 25.7 Å². The quantitative estimate of drug-likeness (QED) is 0.660. The Morgan fingerprint density at radius 1 is 1.31 bits per heavy atom. The first kappa shape index (κ1) is 12.6. The first-order chi connectivity index (χ1) is 5.83. The van der Waals surface area contributed by atoms with Crippen LogP contribution >= 0.6 is 0 Å². The van der Waals surface area contributed by atoms with E-state index in [9.17, 15) is 13.2 Å². The average molecular weight is 206 g/mol. The minimum atomic E-state index is -2.93. The van der Waals surface area contributed by atoms with Crippen LogP contribution < -0.4 is 0 Å². The van der Waals surface area contributed by atoms with Crippen molar-refractivity contribution in [1.29, 1.82) is 0 Å². The zero-order chi connectivity index (χ0) is 10.5. The van der Waals surface area contributed by atoms with E-state index >= 15 is 0 Å². The minimum absolute atomic E-state index is 0.0553. The van der Waals surface area contributed by atoms with Gasteiger partial charge in [0.25, 0.3) is 0 Å². The van der Waals surface area contributed by atoms with Gasteiger partial charge < -0.3 is 4.79 Å². The summed E-state index contributed by atoms with van der Waals surface area (Å²) in [6.07, 6.45) is 0.835. The van der Waals surface area contributed by atoms with Crippen molar-refractivity contribution < 1.29 is 13.2 Å². The maximum absolute atomic E-state index is 11.3. The molecule has 0 atom stereocenters. The van der Waals surface area contributed by atoms with Crippen LogP contribution in [0.1, 0.15) is 33.6 Å². The Bertz CT molecular complexity index is 252. The first-order valence-electron chi connectivity index (χ1n) is 4.53. The zero-order valence-electron chi connectivity index (χ0n) is 8.54. The minimum Gasteiger partial charge on any atom is -0.300 e. The van der Waals surface area contributed by atoms with Crippen LogP contribution in [0.3, 0.4) is 0 Å². The number of ketones is 1. The summed E-state index contributed by atoms with van der Waals surface area (Å²) in [5.41, 5.74) is 0. The molecular weight excluding hydrogens is 188 g/mol. The second kappa shape index (κ2) is 5.37. The number of carbonyl (C=O) groups is 1. The van der Waals surface area contributed by atoms with Crippen molar-refractivity contribution in [2.45, 2.75) is 33.6 Å². The second-order valence-corrected chi connectivity index (χ2v) is 6.04. The zero-order valence-corrected chi connectivity index (χ0v) is 9.36. The smallest absolute Gasteiger partial charge is 0.150 e. The fraction of sp³-hybridized carbons (Fsp3) is 0.889. The maximum atomic E-state index is 11.3. The summed E-state index contributed by atoms with van der Waals surface area (Å²) in [6, 6.07) is 0. The highest BCUT2D eigenvalue weighted by Crippen LogP contribution is 2.03.